The lowest BCUT2D eigenvalue weighted by Crippen LogP contribution is -2.23. The molecule has 0 amide bonds. The lowest BCUT2D eigenvalue weighted by Gasteiger charge is -2.15. The minimum atomic E-state index is 0.880. The molecular formula is C14H18N4S. The number of nitrogens with zero attached hydrogens (tertiary/aromatic N) is 2. The van der Waals surface area contributed by atoms with Crippen LogP contribution in [0.3, 0.4) is 0 Å². The standard InChI is InChI=1S/C14H18N4S/c1-2-11-7-12-13(17-9-18-14(12)19-11)16-8-10-3-5-15-6-4-10/h3,7,9,15H,2,4-6,8H2,1H3,(H,16,17,18). The van der Waals surface area contributed by atoms with Crippen molar-refractivity contribution in [3.8, 4) is 0 Å². The van der Waals surface area contributed by atoms with E-state index in [1.165, 1.54) is 10.5 Å². The molecule has 0 saturated carbocycles. The van der Waals surface area contributed by atoms with Gasteiger partial charge in [-0.15, -0.1) is 11.3 Å². The molecule has 2 aromatic heterocycles. The minimum absolute atomic E-state index is 0.880. The van der Waals surface area contributed by atoms with E-state index in [1.807, 2.05) is 0 Å². The Morgan fingerprint density at radius 1 is 1.42 bits per heavy atom. The molecule has 0 spiro atoms. The molecule has 0 bridgehead atoms. The van der Waals surface area contributed by atoms with Gasteiger partial charge in [0.1, 0.15) is 17.0 Å². The van der Waals surface area contributed by atoms with Gasteiger partial charge < -0.3 is 10.6 Å². The van der Waals surface area contributed by atoms with E-state index in [9.17, 15) is 0 Å². The summed E-state index contributed by atoms with van der Waals surface area (Å²) in [5.41, 5.74) is 1.46. The first kappa shape index (κ1) is 12.6. The van der Waals surface area contributed by atoms with Gasteiger partial charge in [-0.2, -0.15) is 0 Å². The second-order valence-corrected chi connectivity index (χ2v) is 5.79. The summed E-state index contributed by atoms with van der Waals surface area (Å²) < 4.78 is 0. The largest absolute Gasteiger partial charge is 0.366 e. The third kappa shape index (κ3) is 2.77. The van der Waals surface area contributed by atoms with Crippen LogP contribution in [-0.2, 0) is 6.42 Å². The SMILES string of the molecule is CCc1cc2c(NCC3=CCNCC3)ncnc2s1. The van der Waals surface area contributed by atoms with Gasteiger partial charge >= 0.3 is 0 Å². The fourth-order valence-electron chi connectivity index (χ4n) is 2.25. The fraction of sp³-hybridized carbons (Fsp3) is 0.429. The monoisotopic (exact) mass is 274 g/mol. The van der Waals surface area contributed by atoms with Crippen LogP contribution in [0.4, 0.5) is 5.82 Å². The van der Waals surface area contributed by atoms with E-state index in [-0.39, 0.29) is 0 Å². The van der Waals surface area contributed by atoms with Crippen LogP contribution in [-0.4, -0.2) is 29.6 Å². The summed E-state index contributed by atoms with van der Waals surface area (Å²) in [5.74, 6) is 0.959. The summed E-state index contributed by atoms with van der Waals surface area (Å²) in [6.45, 7) is 5.11. The molecule has 0 atom stereocenters. The number of nitrogens with one attached hydrogen (secondary N) is 2. The molecule has 0 saturated heterocycles. The highest BCUT2D eigenvalue weighted by molar-refractivity contribution is 7.18. The first-order chi connectivity index (χ1) is 9.36. The average molecular weight is 274 g/mol. The molecule has 4 nitrogen and oxygen atoms in total. The number of thiophene rings is 1. The van der Waals surface area contributed by atoms with Gasteiger partial charge in [0, 0.05) is 18.0 Å². The Bertz CT molecular complexity index is 603. The Labute approximate surface area is 117 Å². The van der Waals surface area contributed by atoms with Crippen LogP contribution in [0, 0.1) is 0 Å². The van der Waals surface area contributed by atoms with E-state index in [1.54, 1.807) is 17.7 Å². The highest BCUT2D eigenvalue weighted by Crippen LogP contribution is 2.28. The predicted octanol–water partition coefficient (Wildman–Crippen LogP) is 2.59. The maximum absolute atomic E-state index is 4.38. The van der Waals surface area contributed by atoms with Crippen molar-refractivity contribution < 1.29 is 0 Å². The lowest BCUT2D eigenvalue weighted by atomic mass is 10.1. The molecule has 0 aromatic carbocycles. The molecule has 0 radical (unpaired) electrons. The number of rotatable bonds is 4. The third-order valence-corrected chi connectivity index (χ3v) is 4.56. The zero-order valence-corrected chi connectivity index (χ0v) is 11.9. The summed E-state index contributed by atoms with van der Waals surface area (Å²) in [6, 6.07) is 2.21. The summed E-state index contributed by atoms with van der Waals surface area (Å²) in [7, 11) is 0. The number of aromatic nitrogens is 2. The predicted molar refractivity (Wildman–Crippen MR) is 80.9 cm³/mol. The van der Waals surface area contributed by atoms with Gasteiger partial charge in [0.15, 0.2) is 0 Å². The van der Waals surface area contributed by atoms with Crippen molar-refractivity contribution in [2.24, 2.45) is 0 Å². The molecule has 0 fully saturated rings. The lowest BCUT2D eigenvalue weighted by molar-refractivity contribution is 0.698. The zero-order chi connectivity index (χ0) is 13.1. The summed E-state index contributed by atoms with van der Waals surface area (Å²) >= 11 is 1.76. The van der Waals surface area contributed by atoms with Crippen LogP contribution in [0.15, 0.2) is 24.0 Å². The molecule has 1 aliphatic rings. The van der Waals surface area contributed by atoms with Crippen LogP contribution in [0.5, 0.6) is 0 Å². The molecule has 3 rings (SSSR count). The quantitative estimate of drug-likeness (QED) is 0.841. The van der Waals surface area contributed by atoms with Crippen molar-refractivity contribution in [3.05, 3.63) is 28.9 Å². The minimum Gasteiger partial charge on any atom is -0.366 e. The highest BCUT2D eigenvalue weighted by atomic mass is 32.1. The normalized spacial score (nSPS) is 15.5. The molecule has 0 aliphatic carbocycles. The zero-order valence-electron chi connectivity index (χ0n) is 11.1. The van der Waals surface area contributed by atoms with E-state index >= 15 is 0 Å². The van der Waals surface area contributed by atoms with Gasteiger partial charge in [-0.3, -0.25) is 0 Å². The molecule has 0 unspecified atom stereocenters. The maximum Gasteiger partial charge on any atom is 0.138 e. The summed E-state index contributed by atoms with van der Waals surface area (Å²) in [4.78, 5) is 11.2. The Morgan fingerprint density at radius 2 is 2.37 bits per heavy atom. The molecule has 19 heavy (non-hydrogen) atoms. The van der Waals surface area contributed by atoms with Gasteiger partial charge in [-0.1, -0.05) is 18.6 Å². The van der Waals surface area contributed by atoms with Crippen LogP contribution >= 0.6 is 11.3 Å². The van der Waals surface area contributed by atoms with Crippen molar-refractivity contribution in [1.29, 1.82) is 0 Å². The van der Waals surface area contributed by atoms with Crippen LogP contribution in [0.25, 0.3) is 10.2 Å². The average Bonchev–Trinajstić information content (AvgIpc) is 2.90. The molecule has 1 aliphatic heterocycles. The molecule has 100 valence electrons. The van der Waals surface area contributed by atoms with Crippen molar-refractivity contribution in [3.63, 3.8) is 0 Å². The van der Waals surface area contributed by atoms with Crippen molar-refractivity contribution in [1.82, 2.24) is 15.3 Å². The van der Waals surface area contributed by atoms with Gasteiger partial charge in [-0.25, -0.2) is 9.97 Å². The Morgan fingerprint density at radius 3 is 3.16 bits per heavy atom. The number of aryl methyl sites for hydroxylation is 1. The number of hydrogen-bond acceptors (Lipinski definition) is 5. The van der Waals surface area contributed by atoms with Gasteiger partial charge in [0.05, 0.1) is 5.39 Å². The van der Waals surface area contributed by atoms with Crippen LogP contribution in [0.1, 0.15) is 18.2 Å². The van der Waals surface area contributed by atoms with E-state index < -0.39 is 0 Å². The van der Waals surface area contributed by atoms with E-state index in [0.717, 1.165) is 48.5 Å². The fourth-order valence-corrected chi connectivity index (χ4v) is 3.18. The van der Waals surface area contributed by atoms with E-state index in [4.69, 9.17) is 0 Å². The summed E-state index contributed by atoms with van der Waals surface area (Å²) in [5, 5.41) is 7.93. The third-order valence-electron chi connectivity index (χ3n) is 3.37. The Kier molecular flexibility index (Phi) is 3.75. The van der Waals surface area contributed by atoms with Gasteiger partial charge in [0.2, 0.25) is 0 Å². The van der Waals surface area contributed by atoms with Crippen molar-refractivity contribution >= 4 is 27.4 Å². The van der Waals surface area contributed by atoms with Crippen molar-refractivity contribution in [2.45, 2.75) is 19.8 Å². The molecule has 2 N–H and O–H groups in total. The maximum atomic E-state index is 4.38. The highest BCUT2D eigenvalue weighted by Gasteiger charge is 2.09. The number of anilines is 1. The van der Waals surface area contributed by atoms with Gasteiger partial charge in [-0.05, 0) is 25.5 Å². The second kappa shape index (κ2) is 5.67. The smallest absolute Gasteiger partial charge is 0.138 e. The van der Waals surface area contributed by atoms with E-state index in [0.29, 0.717) is 0 Å². The first-order valence-electron chi connectivity index (χ1n) is 6.72. The second-order valence-electron chi connectivity index (χ2n) is 4.68. The topological polar surface area (TPSA) is 49.8 Å². The van der Waals surface area contributed by atoms with E-state index in [2.05, 4.69) is 39.7 Å². The molecular weight excluding hydrogens is 256 g/mol. The first-order valence-corrected chi connectivity index (χ1v) is 7.54. The van der Waals surface area contributed by atoms with Crippen molar-refractivity contribution in [2.75, 3.05) is 25.0 Å². The number of fused-ring (bicyclic) bond motifs is 1. The summed E-state index contributed by atoms with van der Waals surface area (Å²) in [6.07, 6.45) is 6.08. The van der Waals surface area contributed by atoms with Crippen LogP contribution < -0.4 is 10.6 Å². The van der Waals surface area contributed by atoms with Gasteiger partial charge in [0.25, 0.3) is 0 Å². The Hall–Kier alpha value is -1.46. The van der Waals surface area contributed by atoms with Crippen LogP contribution in [0.2, 0.25) is 0 Å². The molecule has 2 aromatic rings. The molecule has 3 heterocycles. The molecule has 5 heteroatoms. The Balaban J connectivity index is 1.80. The number of hydrogen-bond donors (Lipinski definition) is 2.